The molecule has 0 radical (unpaired) electrons. The summed E-state index contributed by atoms with van der Waals surface area (Å²) in [7, 11) is -0.936. The fraction of sp³-hybridized carbons (Fsp3) is 0.913. The molecule has 1 fully saturated rings. The fourth-order valence-electron chi connectivity index (χ4n) is 4.40. The molecule has 0 bridgehead atoms. The Morgan fingerprint density at radius 2 is 1.57 bits per heavy atom. The number of hydrogen-bond donors (Lipinski definition) is 0. The average Bonchev–Trinajstić information content (AvgIpc) is 3.26. The second-order valence-electron chi connectivity index (χ2n) is 8.65. The third-order valence-electron chi connectivity index (χ3n) is 5.72. The third-order valence-corrected chi connectivity index (χ3v) is 8.93. The maximum Gasteiger partial charge on any atom is 0.259 e. The molecule has 1 unspecified atom stereocenters. The first-order valence-corrected chi connectivity index (χ1v) is 13.7. The molecule has 4 atom stereocenters. The minimum atomic E-state index is -0.936. The highest BCUT2D eigenvalue weighted by Crippen LogP contribution is 2.54. The van der Waals surface area contributed by atoms with E-state index < -0.39 is 8.53 Å². The van der Waals surface area contributed by atoms with Gasteiger partial charge in [0.15, 0.2) is 0 Å². The van der Waals surface area contributed by atoms with Gasteiger partial charge in [0.25, 0.3) is 8.53 Å². The minimum Gasteiger partial charge on any atom is -0.322 e. The van der Waals surface area contributed by atoms with Gasteiger partial charge < -0.3 is 9.05 Å². The van der Waals surface area contributed by atoms with E-state index in [1.165, 1.54) is 30.8 Å². The first-order valence-electron chi connectivity index (χ1n) is 11.4. The van der Waals surface area contributed by atoms with E-state index in [0.29, 0.717) is 12.1 Å². The summed E-state index contributed by atoms with van der Waals surface area (Å²) in [4.78, 5) is 0. The van der Waals surface area contributed by atoms with Crippen molar-refractivity contribution in [3.05, 3.63) is 0 Å². The summed E-state index contributed by atoms with van der Waals surface area (Å²) in [6.07, 6.45) is 8.53. The lowest BCUT2D eigenvalue weighted by Gasteiger charge is -2.35. The van der Waals surface area contributed by atoms with Crippen molar-refractivity contribution in [3.63, 3.8) is 0 Å². The van der Waals surface area contributed by atoms with Crippen LogP contribution in [0.5, 0.6) is 0 Å². The number of rotatable bonds is 14. The molecule has 0 aromatic carbocycles. The molecule has 28 heavy (non-hydrogen) atoms. The van der Waals surface area contributed by atoms with E-state index >= 15 is 0 Å². The topological polar surface area (TPSA) is 21.7 Å². The molecule has 0 aromatic heterocycles. The van der Waals surface area contributed by atoms with Gasteiger partial charge in [-0.2, -0.15) is 11.8 Å². The minimum absolute atomic E-state index is 0.443. The lowest BCUT2D eigenvalue weighted by atomic mass is 10.1. The summed E-state index contributed by atoms with van der Waals surface area (Å²) in [5.74, 6) is 12.1. The molecule has 2 aliphatic carbocycles. The van der Waals surface area contributed by atoms with Crippen molar-refractivity contribution in [1.29, 1.82) is 0 Å². The molecule has 0 amide bonds. The Morgan fingerprint density at radius 1 is 0.964 bits per heavy atom. The van der Waals surface area contributed by atoms with Gasteiger partial charge in [-0.05, 0) is 89.1 Å². The van der Waals surface area contributed by atoms with Gasteiger partial charge in [0.1, 0.15) is 0 Å². The van der Waals surface area contributed by atoms with Crippen LogP contribution in [0.3, 0.4) is 0 Å². The van der Waals surface area contributed by atoms with Crippen molar-refractivity contribution in [1.82, 2.24) is 4.67 Å². The van der Waals surface area contributed by atoms with Gasteiger partial charge in [-0.1, -0.05) is 6.92 Å². The fourth-order valence-corrected chi connectivity index (χ4v) is 7.09. The number of thioether (sulfide) groups is 1. The zero-order valence-corrected chi connectivity index (χ0v) is 20.5. The second kappa shape index (κ2) is 13.5. The maximum atomic E-state index is 6.22. The molecule has 162 valence electrons. The number of fused-ring (bicyclic) bond motifs is 1. The highest BCUT2D eigenvalue weighted by atomic mass is 32.2. The Labute approximate surface area is 180 Å². The quantitative estimate of drug-likeness (QED) is 0.174. The van der Waals surface area contributed by atoms with Crippen LogP contribution in [0.15, 0.2) is 0 Å². The van der Waals surface area contributed by atoms with Crippen LogP contribution in [0.25, 0.3) is 0 Å². The van der Waals surface area contributed by atoms with Gasteiger partial charge >= 0.3 is 0 Å². The van der Waals surface area contributed by atoms with Gasteiger partial charge in [-0.25, -0.2) is 4.67 Å². The molecule has 2 rings (SSSR count). The van der Waals surface area contributed by atoms with Crippen molar-refractivity contribution in [2.75, 3.05) is 24.7 Å². The maximum absolute atomic E-state index is 6.22. The van der Waals surface area contributed by atoms with Crippen LogP contribution in [0.2, 0.25) is 0 Å². The second-order valence-corrected chi connectivity index (χ2v) is 11.3. The molecule has 0 saturated heterocycles. The molecular formula is C23H42NO2PS. The van der Waals surface area contributed by atoms with E-state index in [2.05, 4.69) is 62.9 Å². The monoisotopic (exact) mass is 427 g/mol. The first-order chi connectivity index (χ1) is 13.6. The van der Waals surface area contributed by atoms with E-state index in [-0.39, 0.29) is 0 Å². The molecule has 2 aliphatic rings. The summed E-state index contributed by atoms with van der Waals surface area (Å²) in [5, 5.41) is 0. The first kappa shape index (κ1) is 24.5. The predicted molar refractivity (Wildman–Crippen MR) is 124 cm³/mol. The Bertz CT molecular complexity index is 465. The van der Waals surface area contributed by atoms with E-state index in [1.54, 1.807) is 0 Å². The summed E-state index contributed by atoms with van der Waals surface area (Å²) < 4.78 is 14.7. The lowest BCUT2D eigenvalue weighted by Crippen LogP contribution is -2.33. The number of nitrogens with zero attached hydrogens (tertiary/aromatic N) is 1. The highest BCUT2D eigenvalue weighted by molar-refractivity contribution is 7.99. The van der Waals surface area contributed by atoms with Crippen molar-refractivity contribution in [3.8, 4) is 11.8 Å². The van der Waals surface area contributed by atoms with Crippen LogP contribution in [-0.4, -0.2) is 41.5 Å². The molecule has 1 saturated carbocycles. The summed E-state index contributed by atoms with van der Waals surface area (Å²) in [6.45, 7) is 12.7. The van der Waals surface area contributed by atoms with E-state index in [1.807, 2.05) is 0 Å². The molecule has 0 heterocycles. The Kier molecular flexibility index (Phi) is 11.8. The van der Waals surface area contributed by atoms with Crippen molar-refractivity contribution < 1.29 is 9.05 Å². The van der Waals surface area contributed by atoms with E-state index in [9.17, 15) is 0 Å². The Hall–Kier alpha value is 0.220. The van der Waals surface area contributed by atoms with Gasteiger partial charge in [-0.3, -0.25) is 0 Å². The third kappa shape index (κ3) is 8.16. The Balaban J connectivity index is 1.57. The molecule has 0 aromatic rings. The standard InChI is InChI=1S/C23H42NO2PS/c1-6-15-25-27(24(19(2)3)20(4)5)26-16-11-17-28-18-14-23-21-12-9-7-8-10-13-22(21)23/h19-23H,6,9-18H2,1-5H3/t21-,22+,23+,27?. The van der Waals surface area contributed by atoms with Gasteiger partial charge in [0, 0.05) is 24.9 Å². The van der Waals surface area contributed by atoms with Gasteiger partial charge in [-0.15, -0.1) is 11.8 Å². The molecule has 3 nitrogen and oxygen atoms in total. The van der Waals surface area contributed by atoms with Crippen molar-refractivity contribution in [2.45, 2.75) is 91.6 Å². The van der Waals surface area contributed by atoms with E-state index in [0.717, 1.165) is 56.7 Å². The highest BCUT2D eigenvalue weighted by Gasteiger charge is 2.47. The summed E-state index contributed by atoms with van der Waals surface area (Å²) >= 11 is 2.11. The van der Waals surface area contributed by atoms with Crippen LogP contribution in [-0.2, 0) is 9.05 Å². The summed E-state index contributed by atoms with van der Waals surface area (Å²) in [5.41, 5.74) is 0. The van der Waals surface area contributed by atoms with Gasteiger partial charge in [0.05, 0.1) is 13.2 Å². The summed E-state index contributed by atoms with van der Waals surface area (Å²) in [6, 6.07) is 0.886. The number of hydrogen-bond acceptors (Lipinski definition) is 4. The van der Waals surface area contributed by atoms with Crippen LogP contribution in [0.4, 0.5) is 0 Å². The average molecular weight is 428 g/mol. The van der Waals surface area contributed by atoms with Crippen LogP contribution in [0, 0.1) is 29.6 Å². The zero-order chi connectivity index (χ0) is 20.4. The van der Waals surface area contributed by atoms with Crippen LogP contribution >= 0.6 is 20.3 Å². The van der Waals surface area contributed by atoms with Crippen molar-refractivity contribution in [2.24, 2.45) is 17.8 Å². The normalized spacial score (nSPS) is 25.2. The predicted octanol–water partition coefficient (Wildman–Crippen LogP) is 6.73. The largest absolute Gasteiger partial charge is 0.322 e. The Morgan fingerprint density at radius 3 is 2.14 bits per heavy atom. The van der Waals surface area contributed by atoms with Crippen LogP contribution < -0.4 is 0 Å². The molecule has 0 spiro atoms. The van der Waals surface area contributed by atoms with E-state index in [4.69, 9.17) is 9.05 Å². The SMILES string of the molecule is CCCOP(OCCCSCC[C@H]1[C@@H]2CCC#CCC[C@@H]21)N(C(C)C)C(C)C. The molecular weight excluding hydrogens is 385 g/mol. The zero-order valence-electron chi connectivity index (χ0n) is 18.8. The van der Waals surface area contributed by atoms with Crippen molar-refractivity contribution >= 4 is 20.3 Å². The molecule has 5 heteroatoms. The molecule has 0 aliphatic heterocycles. The van der Waals surface area contributed by atoms with Crippen LogP contribution in [0.1, 0.15) is 79.6 Å². The lowest BCUT2D eigenvalue weighted by molar-refractivity contribution is 0.175. The molecule has 0 N–H and O–H groups in total. The van der Waals surface area contributed by atoms with Gasteiger partial charge in [0.2, 0.25) is 0 Å². The smallest absolute Gasteiger partial charge is 0.259 e.